The lowest BCUT2D eigenvalue weighted by Crippen LogP contribution is -2.39. The van der Waals surface area contributed by atoms with Gasteiger partial charge in [0.1, 0.15) is 18.3 Å². The minimum Gasteiger partial charge on any atom is -0.493 e. The molecule has 2 aromatic heterocycles. The highest BCUT2D eigenvalue weighted by Gasteiger charge is 2.41. The van der Waals surface area contributed by atoms with Crippen LogP contribution in [0.15, 0.2) is 61.3 Å². The van der Waals surface area contributed by atoms with Crippen molar-refractivity contribution >= 4 is 17.5 Å². The van der Waals surface area contributed by atoms with E-state index in [2.05, 4.69) is 32.3 Å². The number of nitrogens with one attached hydrogen (secondary N) is 2. The number of fused-ring (bicyclic) bond motifs is 1. The molecule has 2 N–H and O–H groups in total. The Balaban J connectivity index is 1.82. The summed E-state index contributed by atoms with van der Waals surface area (Å²) in [4.78, 5) is 21.5. The van der Waals surface area contributed by atoms with E-state index in [0.717, 1.165) is 5.56 Å². The van der Waals surface area contributed by atoms with Crippen molar-refractivity contribution in [1.82, 2.24) is 19.7 Å². The van der Waals surface area contributed by atoms with Crippen LogP contribution >= 0.6 is 0 Å². The maximum atomic E-state index is 13.3. The first-order valence-corrected chi connectivity index (χ1v) is 8.91. The molecule has 148 valence electrons. The molecule has 1 aliphatic rings. The zero-order valence-electron chi connectivity index (χ0n) is 16.0. The molecule has 0 bridgehead atoms. The van der Waals surface area contributed by atoms with E-state index in [4.69, 9.17) is 9.47 Å². The van der Waals surface area contributed by atoms with Crippen molar-refractivity contribution in [2.45, 2.75) is 6.04 Å². The monoisotopic (exact) mass is 392 g/mol. The first-order valence-electron chi connectivity index (χ1n) is 8.91. The third-order valence-corrected chi connectivity index (χ3v) is 4.76. The summed E-state index contributed by atoms with van der Waals surface area (Å²) in [6.45, 7) is 4.07. The van der Waals surface area contributed by atoms with E-state index in [-0.39, 0.29) is 5.91 Å². The molecule has 2 atom stereocenters. The smallest absolute Gasteiger partial charge is 0.236 e. The van der Waals surface area contributed by atoms with Gasteiger partial charge < -0.3 is 20.1 Å². The largest absolute Gasteiger partial charge is 0.493 e. The second kappa shape index (κ2) is 7.63. The van der Waals surface area contributed by atoms with Gasteiger partial charge in [0.15, 0.2) is 11.5 Å². The number of aromatic nitrogens is 4. The number of hydrogen-bond acceptors (Lipinski definition) is 7. The predicted molar refractivity (Wildman–Crippen MR) is 107 cm³/mol. The van der Waals surface area contributed by atoms with Crippen LogP contribution in [-0.2, 0) is 4.79 Å². The molecular formula is C20H20N6O3. The lowest BCUT2D eigenvalue weighted by molar-refractivity contribution is -0.119. The predicted octanol–water partition coefficient (Wildman–Crippen LogP) is 2.47. The summed E-state index contributed by atoms with van der Waals surface area (Å²) in [5.41, 5.74) is 1.82. The second-order valence-corrected chi connectivity index (χ2v) is 6.41. The number of amides is 1. The molecule has 1 amide bonds. The maximum absolute atomic E-state index is 13.3. The van der Waals surface area contributed by atoms with Crippen LogP contribution in [0.3, 0.4) is 0 Å². The number of hydrogen-bond donors (Lipinski definition) is 2. The molecule has 9 nitrogen and oxygen atoms in total. The summed E-state index contributed by atoms with van der Waals surface area (Å²) in [5, 5.41) is 10.3. The van der Waals surface area contributed by atoms with E-state index < -0.39 is 12.0 Å². The van der Waals surface area contributed by atoms with Crippen LogP contribution in [0.4, 0.5) is 11.6 Å². The highest BCUT2D eigenvalue weighted by molar-refractivity contribution is 5.95. The number of methoxy groups -OCH3 is 2. The molecule has 0 saturated heterocycles. The van der Waals surface area contributed by atoms with Gasteiger partial charge in [-0.1, -0.05) is 18.7 Å². The van der Waals surface area contributed by atoms with Crippen LogP contribution in [0.1, 0.15) is 11.6 Å². The third-order valence-electron chi connectivity index (χ3n) is 4.76. The Morgan fingerprint density at radius 2 is 2.10 bits per heavy atom. The molecule has 0 radical (unpaired) electrons. The molecule has 3 heterocycles. The molecule has 1 aromatic carbocycles. The van der Waals surface area contributed by atoms with E-state index in [1.54, 1.807) is 49.5 Å². The highest BCUT2D eigenvalue weighted by atomic mass is 16.5. The standard InChI is InChI=1S/C20H20N6O3/c1-12-16(19(27)25-13-6-5-9-21-10-13)17(26-20(24-12)22-11-23-26)14-7-4-8-15(28-2)18(14)29-3/h4-11,16-17H,1H2,2-3H3,(H,25,27)(H,22,23,24). The summed E-state index contributed by atoms with van der Waals surface area (Å²) >= 11 is 0. The normalized spacial score (nSPS) is 17.8. The summed E-state index contributed by atoms with van der Waals surface area (Å²) in [6, 6.07) is 8.50. The van der Waals surface area contributed by atoms with Crippen LogP contribution < -0.4 is 20.1 Å². The highest BCUT2D eigenvalue weighted by Crippen LogP contribution is 2.44. The fourth-order valence-electron chi connectivity index (χ4n) is 3.51. The number of carbonyl (C=O) groups is 1. The first-order chi connectivity index (χ1) is 14.1. The van der Waals surface area contributed by atoms with Gasteiger partial charge in [-0.2, -0.15) is 10.1 Å². The van der Waals surface area contributed by atoms with Crippen LogP contribution in [0.2, 0.25) is 0 Å². The first kappa shape index (κ1) is 18.5. The van der Waals surface area contributed by atoms with Gasteiger partial charge in [-0.25, -0.2) is 4.68 Å². The molecule has 0 aliphatic carbocycles. The lowest BCUT2D eigenvalue weighted by Gasteiger charge is -2.34. The second-order valence-electron chi connectivity index (χ2n) is 6.41. The van der Waals surface area contributed by atoms with E-state index in [0.29, 0.717) is 28.8 Å². The molecule has 0 saturated carbocycles. The van der Waals surface area contributed by atoms with E-state index >= 15 is 0 Å². The van der Waals surface area contributed by atoms with Crippen molar-refractivity contribution in [3.63, 3.8) is 0 Å². The molecule has 2 unspecified atom stereocenters. The molecular weight excluding hydrogens is 372 g/mol. The Bertz CT molecular complexity index is 1050. The summed E-state index contributed by atoms with van der Waals surface area (Å²) in [7, 11) is 3.13. The van der Waals surface area contributed by atoms with Gasteiger partial charge in [-0.3, -0.25) is 9.78 Å². The SMILES string of the molecule is C=C1Nc2ncnn2C(c2cccc(OC)c2OC)C1C(=O)Nc1cccnc1. The zero-order chi connectivity index (χ0) is 20.4. The molecule has 0 fully saturated rings. The molecule has 9 heteroatoms. The topological polar surface area (TPSA) is 103 Å². The number of anilines is 2. The average Bonchev–Trinajstić information content (AvgIpc) is 3.20. The van der Waals surface area contributed by atoms with Crippen molar-refractivity contribution in [3.8, 4) is 11.5 Å². The van der Waals surface area contributed by atoms with Crippen molar-refractivity contribution in [3.05, 3.63) is 66.9 Å². The molecule has 29 heavy (non-hydrogen) atoms. The maximum Gasteiger partial charge on any atom is 0.236 e. The van der Waals surface area contributed by atoms with Crippen LogP contribution in [0, 0.1) is 5.92 Å². The Morgan fingerprint density at radius 1 is 1.24 bits per heavy atom. The van der Waals surface area contributed by atoms with E-state index in [9.17, 15) is 4.79 Å². The quantitative estimate of drug-likeness (QED) is 0.687. The van der Waals surface area contributed by atoms with Crippen molar-refractivity contribution in [1.29, 1.82) is 0 Å². The van der Waals surface area contributed by atoms with Gasteiger partial charge in [0.25, 0.3) is 0 Å². The van der Waals surface area contributed by atoms with Crippen LogP contribution in [0.5, 0.6) is 11.5 Å². The fraction of sp³-hybridized carbons (Fsp3) is 0.200. The van der Waals surface area contributed by atoms with Crippen molar-refractivity contribution in [2.24, 2.45) is 5.92 Å². The van der Waals surface area contributed by atoms with E-state index in [1.807, 2.05) is 12.1 Å². The van der Waals surface area contributed by atoms with Gasteiger partial charge in [0.05, 0.1) is 26.1 Å². The van der Waals surface area contributed by atoms with Crippen LogP contribution in [-0.4, -0.2) is 39.9 Å². The number of para-hydroxylation sites is 1. The summed E-state index contributed by atoms with van der Waals surface area (Å²) in [5.74, 6) is 0.629. The van der Waals surface area contributed by atoms with E-state index in [1.165, 1.54) is 6.33 Å². The molecule has 3 aromatic rings. The number of carbonyl (C=O) groups excluding carboxylic acids is 1. The van der Waals surface area contributed by atoms with Crippen LogP contribution in [0.25, 0.3) is 0 Å². The van der Waals surface area contributed by atoms with Gasteiger partial charge in [-0.05, 0) is 18.2 Å². The third kappa shape index (κ3) is 3.27. The minimum absolute atomic E-state index is 0.258. The number of rotatable bonds is 5. The Kier molecular flexibility index (Phi) is 4.86. The van der Waals surface area contributed by atoms with Gasteiger partial charge >= 0.3 is 0 Å². The zero-order valence-corrected chi connectivity index (χ0v) is 16.0. The number of benzene rings is 1. The number of ether oxygens (including phenoxy) is 2. The number of nitrogens with zero attached hydrogens (tertiary/aromatic N) is 4. The Hall–Kier alpha value is -3.88. The lowest BCUT2D eigenvalue weighted by atomic mass is 9.87. The minimum atomic E-state index is -0.689. The van der Waals surface area contributed by atoms with Gasteiger partial charge in [0.2, 0.25) is 11.9 Å². The molecule has 4 rings (SSSR count). The van der Waals surface area contributed by atoms with Crippen molar-refractivity contribution in [2.75, 3.05) is 24.9 Å². The fourth-order valence-corrected chi connectivity index (χ4v) is 3.51. The van der Waals surface area contributed by atoms with Gasteiger partial charge in [0, 0.05) is 17.5 Å². The Morgan fingerprint density at radius 3 is 2.83 bits per heavy atom. The molecule has 1 aliphatic heterocycles. The summed E-state index contributed by atoms with van der Waals surface area (Å²) < 4.78 is 12.7. The number of pyridine rings is 1. The summed E-state index contributed by atoms with van der Waals surface area (Å²) in [6.07, 6.45) is 4.65. The average molecular weight is 392 g/mol. The van der Waals surface area contributed by atoms with Crippen molar-refractivity contribution < 1.29 is 14.3 Å². The molecule has 0 spiro atoms. The van der Waals surface area contributed by atoms with Gasteiger partial charge in [-0.15, -0.1) is 0 Å². The Labute approximate surface area is 167 Å².